The van der Waals surface area contributed by atoms with Gasteiger partial charge in [0, 0.05) is 13.0 Å². The second-order valence-corrected chi connectivity index (χ2v) is 6.59. The van der Waals surface area contributed by atoms with Crippen LogP contribution in [0.1, 0.15) is 53.4 Å². The van der Waals surface area contributed by atoms with Crippen LogP contribution in [0, 0.1) is 11.3 Å². The summed E-state index contributed by atoms with van der Waals surface area (Å²) in [6.45, 7) is 9.23. The summed E-state index contributed by atoms with van der Waals surface area (Å²) in [5.41, 5.74) is 5.81. The smallest absolute Gasteiger partial charge is 0.223 e. The molecule has 0 saturated carbocycles. The molecule has 0 aromatic carbocycles. The Morgan fingerprint density at radius 3 is 2.63 bits per heavy atom. The first-order valence-corrected chi connectivity index (χ1v) is 7.04. The highest BCUT2D eigenvalue weighted by molar-refractivity contribution is 5.90. The molecule has 0 spiro atoms. The maximum absolute atomic E-state index is 12.4. The van der Waals surface area contributed by atoms with Crippen LogP contribution >= 0.6 is 0 Å². The van der Waals surface area contributed by atoms with Crippen LogP contribution in [0.15, 0.2) is 5.16 Å². The number of carbonyl (C=O) groups excluding carboxylic acids is 1. The van der Waals surface area contributed by atoms with Crippen LogP contribution < -0.4 is 5.73 Å². The third-order valence-corrected chi connectivity index (χ3v) is 4.24. The van der Waals surface area contributed by atoms with Gasteiger partial charge >= 0.3 is 0 Å². The third-order valence-electron chi connectivity index (χ3n) is 4.24. The molecule has 1 fully saturated rings. The summed E-state index contributed by atoms with van der Waals surface area (Å²) in [6.07, 6.45) is 3.30. The van der Waals surface area contributed by atoms with Gasteiger partial charge in [-0.15, -0.1) is 0 Å². The summed E-state index contributed by atoms with van der Waals surface area (Å²) in [6, 6.07) is -0.238. The molecule has 0 aromatic rings. The lowest BCUT2D eigenvalue weighted by Gasteiger charge is -2.37. The van der Waals surface area contributed by atoms with Crippen LogP contribution in [0.2, 0.25) is 0 Å². The Morgan fingerprint density at radius 2 is 2.11 bits per heavy atom. The average molecular weight is 269 g/mol. The molecular formula is C14H27N3O2. The molecule has 0 aliphatic carbocycles. The van der Waals surface area contributed by atoms with Crippen LogP contribution in [0.5, 0.6) is 0 Å². The first kappa shape index (κ1) is 15.8. The fourth-order valence-electron chi connectivity index (χ4n) is 2.29. The first-order chi connectivity index (χ1) is 8.77. The highest BCUT2D eigenvalue weighted by Gasteiger charge is 2.32. The molecule has 1 aliphatic heterocycles. The van der Waals surface area contributed by atoms with E-state index in [1.54, 1.807) is 4.90 Å². The van der Waals surface area contributed by atoms with Crippen LogP contribution in [0.25, 0.3) is 0 Å². The Morgan fingerprint density at radius 1 is 1.47 bits per heavy atom. The fraction of sp³-hybridized carbons (Fsp3) is 0.857. The molecule has 0 radical (unpaired) electrons. The summed E-state index contributed by atoms with van der Waals surface area (Å²) in [7, 11) is 0. The molecule has 0 aromatic heterocycles. The van der Waals surface area contributed by atoms with Crippen molar-refractivity contribution in [2.45, 2.75) is 59.4 Å². The van der Waals surface area contributed by atoms with Gasteiger partial charge in [0.25, 0.3) is 0 Å². The molecule has 19 heavy (non-hydrogen) atoms. The van der Waals surface area contributed by atoms with E-state index in [0.29, 0.717) is 18.9 Å². The van der Waals surface area contributed by atoms with Gasteiger partial charge in [0.05, 0.1) is 6.04 Å². The van der Waals surface area contributed by atoms with Gasteiger partial charge in [-0.05, 0) is 30.6 Å². The number of amides is 1. The maximum atomic E-state index is 12.4. The maximum Gasteiger partial charge on any atom is 0.223 e. The quantitative estimate of drug-likeness (QED) is 0.357. The number of hydrogen-bond donors (Lipinski definition) is 2. The third kappa shape index (κ3) is 4.11. The van der Waals surface area contributed by atoms with Gasteiger partial charge in [-0.3, -0.25) is 4.79 Å². The highest BCUT2D eigenvalue weighted by Crippen LogP contribution is 2.29. The molecule has 0 bridgehead atoms. The molecule has 1 aliphatic rings. The molecule has 1 saturated heterocycles. The van der Waals surface area contributed by atoms with Crippen LogP contribution in [-0.4, -0.2) is 34.4 Å². The summed E-state index contributed by atoms with van der Waals surface area (Å²) in [4.78, 5) is 14.2. The molecule has 110 valence electrons. The number of nitrogens with two attached hydrogens (primary N) is 1. The van der Waals surface area contributed by atoms with Gasteiger partial charge in [-0.2, -0.15) is 0 Å². The van der Waals surface area contributed by atoms with Crippen molar-refractivity contribution in [1.82, 2.24) is 4.90 Å². The zero-order valence-corrected chi connectivity index (χ0v) is 12.5. The zero-order chi connectivity index (χ0) is 14.6. The van der Waals surface area contributed by atoms with E-state index in [9.17, 15) is 4.79 Å². The lowest BCUT2D eigenvalue weighted by molar-refractivity contribution is -0.135. The fourth-order valence-corrected chi connectivity index (χ4v) is 2.29. The Hall–Kier alpha value is -1.26. The second kappa shape index (κ2) is 6.26. The number of rotatable bonds is 3. The van der Waals surface area contributed by atoms with Crippen molar-refractivity contribution < 1.29 is 10.0 Å². The number of oxime groups is 1. The van der Waals surface area contributed by atoms with Gasteiger partial charge in [0.1, 0.15) is 0 Å². The van der Waals surface area contributed by atoms with E-state index >= 15 is 0 Å². The molecule has 2 unspecified atom stereocenters. The van der Waals surface area contributed by atoms with E-state index in [2.05, 4.69) is 32.9 Å². The van der Waals surface area contributed by atoms with E-state index < -0.39 is 0 Å². The normalized spacial score (nSPS) is 23.3. The van der Waals surface area contributed by atoms with E-state index in [1.807, 2.05) is 0 Å². The monoisotopic (exact) mass is 269 g/mol. The molecular weight excluding hydrogens is 242 g/mol. The predicted octanol–water partition coefficient (Wildman–Crippen LogP) is 2.19. The lowest BCUT2D eigenvalue weighted by atomic mass is 9.79. The zero-order valence-electron chi connectivity index (χ0n) is 12.5. The van der Waals surface area contributed by atoms with E-state index in [0.717, 1.165) is 19.3 Å². The summed E-state index contributed by atoms with van der Waals surface area (Å²) in [5, 5.41) is 11.9. The SMILES string of the molecule is CC(CC(=O)N1CCCCC1C(N)=NO)C(C)(C)C. The van der Waals surface area contributed by atoms with Crippen LogP contribution in [0.3, 0.4) is 0 Å². The molecule has 5 heteroatoms. The Bertz CT molecular complexity index is 347. The highest BCUT2D eigenvalue weighted by atomic mass is 16.4. The van der Waals surface area contributed by atoms with Crippen molar-refractivity contribution >= 4 is 11.7 Å². The van der Waals surface area contributed by atoms with Gasteiger partial charge in [0.2, 0.25) is 5.91 Å². The van der Waals surface area contributed by atoms with Crippen molar-refractivity contribution in [3.63, 3.8) is 0 Å². The van der Waals surface area contributed by atoms with Gasteiger partial charge < -0.3 is 15.8 Å². The molecule has 5 nitrogen and oxygen atoms in total. The number of likely N-dealkylation sites (tertiary alicyclic amines) is 1. The van der Waals surface area contributed by atoms with E-state index in [-0.39, 0.29) is 23.2 Å². The first-order valence-electron chi connectivity index (χ1n) is 7.04. The largest absolute Gasteiger partial charge is 0.409 e. The van der Waals surface area contributed by atoms with Gasteiger partial charge in [0.15, 0.2) is 5.84 Å². The van der Waals surface area contributed by atoms with E-state index in [4.69, 9.17) is 10.9 Å². The summed E-state index contributed by atoms with van der Waals surface area (Å²) < 4.78 is 0. The number of nitrogens with zero attached hydrogens (tertiary/aromatic N) is 2. The average Bonchev–Trinajstić information content (AvgIpc) is 2.36. The van der Waals surface area contributed by atoms with Crippen molar-refractivity contribution in [1.29, 1.82) is 0 Å². The Balaban J connectivity index is 2.73. The Kier molecular flexibility index (Phi) is 5.20. The van der Waals surface area contributed by atoms with Crippen LogP contribution in [-0.2, 0) is 4.79 Å². The second-order valence-electron chi connectivity index (χ2n) is 6.59. The molecule has 1 rings (SSSR count). The minimum absolute atomic E-state index is 0.109. The standard InChI is InChI=1S/C14H27N3O2/c1-10(14(2,3)4)9-12(18)17-8-6-5-7-11(17)13(15)16-19/h10-11,19H,5-9H2,1-4H3,(H2,15,16). The number of amidine groups is 1. The van der Waals surface area contributed by atoms with Gasteiger partial charge in [-0.25, -0.2) is 0 Å². The lowest BCUT2D eigenvalue weighted by Crippen LogP contribution is -2.51. The van der Waals surface area contributed by atoms with Crippen molar-refractivity contribution in [3.8, 4) is 0 Å². The van der Waals surface area contributed by atoms with Crippen LogP contribution in [0.4, 0.5) is 0 Å². The van der Waals surface area contributed by atoms with E-state index in [1.165, 1.54) is 0 Å². The van der Waals surface area contributed by atoms with Gasteiger partial charge in [-0.1, -0.05) is 32.9 Å². The predicted molar refractivity (Wildman–Crippen MR) is 76.0 cm³/mol. The molecule has 1 heterocycles. The molecule has 1 amide bonds. The molecule has 2 atom stereocenters. The number of piperidine rings is 1. The number of carbonyl (C=O) groups is 1. The minimum atomic E-state index is -0.238. The van der Waals surface area contributed by atoms with Crippen molar-refractivity contribution in [3.05, 3.63) is 0 Å². The van der Waals surface area contributed by atoms with Crippen molar-refractivity contribution in [2.75, 3.05) is 6.54 Å². The summed E-state index contributed by atoms with van der Waals surface area (Å²) >= 11 is 0. The minimum Gasteiger partial charge on any atom is -0.409 e. The Labute approximate surface area is 115 Å². The number of hydrogen-bond acceptors (Lipinski definition) is 3. The topological polar surface area (TPSA) is 78.9 Å². The van der Waals surface area contributed by atoms with Crippen molar-refractivity contribution in [2.24, 2.45) is 22.2 Å². The molecule has 3 N–H and O–H groups in total. The summed E-state index contributed by atoms with van der Waals surface area (Å²) in [5.74, 6) is 0.560.